The number of methoxy groups -OCH3 is 2. The van der Waals surface area contributed by atoms with Crippen LogP contribution in [0.5, 0.6) is 11.5 Å². The number of rotatable bonds is 3. The molecule has 0 N–H and O–H groups in total. The fourth-order valence-corrected chi connectivity index (χ4v) is 2.56. The summed E-state index contributed by atoms with van der Waals surface area (Å²) < 4.78 is 10.7. The summed E-state index contributed by atoms with van der Waals surface area (Å²) in [4.78, 5) is 12.1. The molecule has 0 saturated carbocycles. The van der Waals surface area contributed by atoms with Gasteiger partial charge in [0.15, 0.2) is 5.78 Å². The van der Waals surface area contributed by atoms with E-state index in [4.69, 9.17) is 9.47 Å². The third-order valence-electron chi connectivity index (χ3n) is 4.45. The summed E-state index contributed by atoms with van der Waals surface area (Å²) in [5.74, 6) is 1.68. The molecule has 1 aliphatic rings. The van der Waals surface area contributed by atoms with E-state index in [0.29, 0.717) is 0 Å². The molecular weight excluding hydrogens is 240 g/mol. The highest BCUT2D eigenvalue weighted by Crippen LogP contribution is 2.51. The van der Waals surface area contributed by atoms with Crippen molar-refractivity contribution in [2.24, 2.45) is 5.41 Å². The molecule has 3 nitrogen and oxygen atoms in total. The Morgan fingerprint density at radius 1 is 1.05 bits per heavy atom. The largest absolute Gasteiger partial charge is 0.497 e. The van der Waals surface area contributed by atoms with E-state index in [1.807, 2.05) is 38.1 Å². The molecule has 3 heteroatoms. The van der Waals surface area contributed by atoms with Gasteiger partial charge >= 0.3 is 0 Å². The van der Waals surface area contributed by atoms with Crippen molar-refractivity contribution in [3.8, 4) is 11.5 Å². The van der Waals surface area contributed by atoms with Gasteiger partial charge in [-0.1, -0.05) is 26.8 Å². The molecule has 0 spiro atoms. The van der Waals surface area contributed by atoms with Crippen LogP contribution in [0.3, 0.4) is 0 Å². The fraction of sp³-hybridized carbons (Fsp3) is 0.438. The van der Waals surface area contributed by atoms with E-state index in [1.54, 1.807) is 20.3 Å². The maximum Gasteiger partial charge on any atom is 0.162 e. The molecule has 0 fully saturated rings. The minimum atomic E-state index is -0.493. The van der Waals surface area contributed by atoms with Gasteiger partial charge in [0, 0.05) is 16.4 Å². The van der Waals surface area contributed by atoms with Crippen LogP contribution in [0.1, 0.15) is 26.3 Å². The zero-order valence-corrected chi connectivity index (χ0v) is 12.1. The molecule has 0 radical (unpaired) electrons. The molecule has 2 rings (SSSR count). The number of carbonyl (C=O) groups excluding carboxylic acids is 1. The van der Waals surface area contributed by atoms with Crippen LogP contribution >= 0.6 is 0 Å². The van der Waals surface area contributed by atoms with E-state index >= 15 is 0 Å². The van der Waals surface area contributed by atoms with Crippen molar-refractivity contribution in [2.45, 2.75) is 26.2 Å². The highest BCUT2D eigenvalue weighted by atomic mass is 16.5. The molecule has 1 atom stereocenters. The van der Waals surface area contributed by atoms with Crippen LogP contribution in [-0.2, 0) is 10.2 Å². The first-order chi connectivity index (χ1) is 8.86. The molecule has 0 aromatic heterocycles. The highest BCUT2D eigenvalue weighted by molar-refractivity contribution is 5.99. The molecule has 0 heterocycles. The summed E-state index contributed by atoms with van der Waals surface area (Å²) in [7, 11) is 3.27. The van der Waals surface area contributed by atoms with Crippen molar-refractivity contribution >= 4 is 5.78 Å². The van der Waals surface area contributed by atoms with Crippen molar-refractivity contribution < 1.29 is 14.3 Å². The van der Waals surface area contributed by atoms with Gasteiger partial charge in [-0.3, -0.25) is 4.79 Å². The second-order valence-corrected chi connectivity index (χ2v) is 5.59. The number of hydrogen-bond donors (Lipinski definition) is 0. The average molecular weight is 260 g/mol. The molecule has 1 aliphatic carbocycles. The van der Waals surface area contributed by atoms with Crippen LogP contribution < -0.4 is 9.47 Å². The third kappa shape index (κ3) is 1.84. The Hall–Kier alpha value is -1.77. The van der Waals surface area contributed by atoms with Gasteiger partial charge in [-0.25, -0.2) is 0 Å². The van der Waals surface area contributed by atoms with Gasteiger partial charge in [0.1, 0.15) is 11.5 Å². The van der Waals surface area contributed by atoms with Gasteiger partial charge in [-0.05, 0) is 24.3 Å². The van der Waals surface area contributed by atoms with Crippen molar-refractivity contribution in [1.82, 2.24) is 0 Å². The van der Waals surface area contributed by atoms with Crippen molar-refractivity contribution in [2.75, 3.05) is 14.2 Å². The van der Waals surface area contributed by atoms with Crippen LogP contribution in [0.4, 0.5) is 0 Å². The molecule has 102 valence electrons. The van der Waals surface area contributed by atoms with E-state index < -0.39 is 10.8 Å². The summed E-state index contributed by atoms with van der Waals surface area (Å²) >= 11 is 0. The quantitative estimate of drug-likeness (QED) is 0.837. The van der Waals surface area contributed by atoms with Crippen LogP contribution in [0.25, 0.3) is 0 Å². The third-order valence-corrected chi connectivity index (χ3v) is 4.45. The molecule has 19 heavy (non-hydrogen) atoms. The van der Waals surface area contributed by atoms with Crippen molar-refractivity contribution in [3.63, 3.8) is 0 Å². The number of ketones is 1. The minimum Gasteiger partial charge on any atom is -0.497 e. The average Bonchev–Trinajstić information content (AvgIpc) is 2.62. The maximum atomic E-state index is 12.1. The highest BCUT2D eigenvalue weighted by Gasteiger charge is 2.50. The number of allylic oxidation sites excluding steroid dienone is 2. The molecule has 0 amide bonds. The van der Waals surface area contributed by atoms with Crippen molar-refractivity contribution in [1.29, 1.82) is 0 Å². The predicted octanol–water partition coefficient (Wildman–Crippen LogP) is 3.13. The second kappa shape index (κ2) is 4.41. The fourth-order valence-electron chi connectivity index (χ4n) is 2.56. The first-order valence-electron chi connectivity index (χ1n) is 6.33. The summed E-state index contributed by atoms with van der Waals surface area (Å²) in [6.07, 6.45) is 3.63. The van der Waals surface area contributed by atoms with Gasteiger partial charge in [-0.15, -0.1) is 0 Å². The Bertz CT molecular complexity index is 543. The number of hydrogen-bond acceptors (Lipinski definition) is 3. The summed E-state index contributed by atoms with van der Waals surface area (Å²) in [5.41, 5.74) is 0.0813. The second-order valence-electron chi connectivity index (χ2n) is 5.59. The number of ether oxygens (including phenoxy) is 2. The van der Waals surface area contributed by atoms with Crippen LogP contribution in [0, 0.1) is 5.41 Å². The Balaban J connectivity index is 2.63. The standard InChI is InChI=1S/C16H20O3/c1-15(2)14(17)8-9-16(15,3)12-10-11(18-4)6-7-13(12)19-5/h6-10H,1-5H3. The molecular formula is C16H20O3. The van der Waals surface area contributed by atoms with Gasteiger partial charge in [-0.2, -0.15) is 0 Å². The Kier molecular flexibility index (Phi) is 3.17. The van der Waals surface area contributed by atoms with Crippen LogP contribution in [-0.4, -0.2) is 20.0 Å². The summed E-state index contributed by atoms with van der Waals surface area (Å²) in [6.45, 7) is 5.99. The minimum absolute atomic E-state index is 0.139. The number of carbonyl (C=O) groups is 1. The van der Waals surface area contributed by atoms with Gasteiger partial charge < -0.3 is 9.47 Å². The SMILES string of the molecule is COc1ccc(OC)c(C2(C)C=CC(=O)C2(C)C)c1. The molecule has 0 aliphatic heterocycles. The lowest BCUT2D eigenvalue weighted by Crippen LogP contribution is -2.39. The van der Waals surface area contributed by atoms with E-state index in [1.165, 1.54) is 0 Å². The first-order valence-corrected chi connectivity index (χ1v) is 6.33. The monoisotopic (exact) mass is 260 g/mol. The van der Waals surface area contributed by atoms with E-state index in [-0.39, 0.29) is 5.78 Å². The molecule has 1 aromatic carbocycles. The Morgan fingerprint density at radius 2 is 1.74 bits per heavy atom. The molecule has 0 bridgehead atoms. The van der Waals surface area contributed by atoms with E-state index in [9.17, 15) is 4.79 Å². The zero-order valence-electron chi connectivity index (χ0n) is 12.1. The molecule has 1 aromatic rings. The lowest BCUT2D eigenvalue weighted by molar-refractivity contribution is -0.123. The Labute approximate surface area is 114 Å². The smallest absolute Gasteiger partial charge is 0.162 e. The van der Waals surface area contributed by atoms with E-state index in [2.05, 4.69) is 6.92 Å². The van der Waals surface area contributed by atoms with Crippen LogP contribution in [0.2, 0.25) is 0 Å². The predicted molar refractivity (Wildman–Crippen MR) is 74.8 cm³/mol. The van der Waals surface area contributed by atoms with Gasteiger partial charge in [0.25, 0.3) is 0 Å². The molecule has 1 unspecified atom stereocenters. The first kappa shape index (κ1) is 13.7. The topological polar surface area (TPSA) is 35.5 Å². The lowest BCUT2D eigenvalue weighted by Gasteiger charge is -2.37. The molecule has 0 saturated heterocycles. The lowest BCUT2D eigenvalue weighted by atomic mass is 9.64. The van der Waals surface area contributed by atoms with Gasteiger partial charge in [0.05, 0.1) is 14.2 Å². The van der Waals surface area contributed by atoms with Gasteiger partial charge in [0.2, 0.25) is 0 Å². The van der Waals surface area contributed by atoms with Crippen LogP contribution in [0.15, 0.2) is 30.4 Å². The normalized spacial score (nSPS) is 24.6. The summed E-state index contributed by atoms with van der Waals surface area (Å²) in [5, 5.41) is 0. The van der Waals surface area contributed by atoms with Crippen molar-refractivity contribution in [3.05, 3.63) is 35.9 Å². The Morgan fingerprint density at radius 3 is 2.21 bits per heavy atom. The zero-order chi connectivity index (χ0) is 14.3. The van der Waals surface area contributed by atoms with E-state index in [0.717, 1.165) is 17.1 Å². The summed E-state index contributed by atoms with van der Waals surface area (Å²) in [6, 6.07) is 5.69. The maximum absolute atomic E-state index is 12.1. The number of benzene rings is 1.